The number of methoxy groups -OCH3 is 2. The van der Waals surface area contributed by atoms with Gasteiger partial charge in [0.25, 0.3) is 0 Å². The summed E-state index contributed by atoms with van der Waals surface area (Å²) in [6.07, 6.45) is 4.59. The summed E-state index contributed by atoms with van der Waals surface area (Å²) in [6, 6.07) is 3.66. The van der Waals surface area contributed by atoms with Crippen molar-refractivity contribution < 1.29 is 23.5 Å². The third kappa shape index (κ3) is 3.75. The van der Waals surface area contributed by atoms with Crippen LogP contribution in [0.2, 0.25) is 0 Å². The number of hydrogen-bond acceptors (Lipinski definition) is 6. The number of anilines is 1. The average molecular weight is 400 g/mol. The second kappa shape index (κ2) is 8.26. The predicted octanol–water partition coefficient (Wildman–Crippen LogP) is 2.96. The summed E-state index contributed by atoms with van der Waals surface area (Å²) in [5, 5.41) is 3.69. The van der Waals surface area contributed by atoms with Gasteiger partial charge in [0, 0.05) is 18.4 Å². The lowest BCUT2D eigenvalue weighted by molar-refractivity contribution is -0.117. The van der Waals surface area contributed by atoms with Crippen LogP contribution in [0.5, 0.6) is 11.6 Å². The van der Waals surface area contributed by atoms with Crippen LogP contribution in [0.3, 0.4) is 0 Å². The molecule has 1 aliphatic carbocycles. The maximum atomic E-state index is 14.2. The fourth-order valence-corrected chi connectivity index (χ4v) is 3.15. The molecule has 1 amide bonds. The lowest BCUT2D eigenvalue weighted by Gasteiger charge is -2.13. The zero-order chi connectivity index (χ0) is 21.1. The van der Waals surface area contributed by atoms with Crippen molar-refractivity contribution in [3.63, 3.8) is 0 Å². The van der Waals surface area contributed by atoms with E-state index in [9.17, 15) is 9.18 Å². The van der Waals surface area contributed by atoms with Crippen LogP contribution < -0.4 is 14.8 Å². The van der Waals surface area contributed by atoms with Gasteiger partial charge in [0.15, 0.2) is 11.6 Å². The molecule has 0 unspecified atom stereocenters. The monoisotopic (exact) mass is 400 g/mol. The molecule has 0 atom stereocenters. The highest BCUT2D eigenvalue weighted by Gasteiger charge is 2.30. The fraction of sp³-hybridized carbons (Fsp3) is 0.300. The summed E-state index contributed by atoms with van der Waals surface area (Å²) in [5.74, 6) is 0.329. The zero-order valence-corrected chi connectivity index (χ0v) is 16.4. The van der Waals surface area contributed by atoms with Crippen LogP contribution in [-0.2, 0) is 16.6 Å². The van der Waals surface area contributed by atoms with Gasteiger partial charge in [0.05, 0.1) is 37.8 Å². The Kier molecular flexibility index (Phi) is 5.76. The van der Waals surface area contributed by atoms with Crippen LogP contribution in [0, 0.1) is 11.7 Å². The molecule has 3 aromatic heterocycles. The molecule has 4 rings (SSSR count). The van der Waals surface area contributed by atoms with E-state index in [1.165, 1.54) is 14.2 Å². The van der Waals surface area contributed by atoms with Crippen molar-refractivity contribution >= 4 is 29.4 Å². The number of aryl methyl sites for hydroxylation is 1. The molecule has 0 bridgehead atoms. The number of aromatic nitrogens is 3. The second-order valence-electron chi connectivity index (χ2n) is 6.50. The van der Waals surface area contributed by atoms with Crippen molar-refractivity contribution in [3.05, 3.63) is 30.3 Å². The summed E-state index contributed by atoms with van der Waals surface area (Å²) in [6.45, 7) is 2.00. The highest BCUT2D eigenvalue weighted by molar-refractivity contribution is 5.96. The van der Waals surface area contributed by atoms with Crippen LogP contribution in [0.1, 0.15) is 12.8 Å². The topological polar surface area (TPSA) is 95.3 Å². The van der Waals surface area contributed by atoms with Crippen LogP contribution in [0.4, 0.5) is 10.2 Å². The van der Waals surface area contributed by atoms with E-state index in [0.29, 0.717) is 17.1 Å². The maximum absolute atomic E-state index is 14.2. The van der Waals surface area contributed by atoms with E-state index in [4.69, 9.17) is 14.3 Å². The Morgan fingerprint density at radius 2 is 1.93 bits per heavy atom. The number of rotatable bonds is 5. The van der Waals surface area contributed by atoms with Crippen LogP contribution in [-0.4, -0.2) is 41.5 Å². The summed E-state index contributed by atoms with van der Waals surface area (Å²) in [7, 11) is 4.71. The Morgan fingerprint density at radius 3 is 2.55 bits per heavy atom. The third-order valence-corrected chi connectivity index (χ3v) is 4.73. The summed E-state index contributed by atoms with van der Waals surface area (Å²) in [4.78, 5) is 28.3. The number of halogens is 1. The Bertz CT molecular complexity index is 1060. The van der Waals surface area contributed by atoms with Gasteiger partial charge < -0.3 is 24.2 Å². The molecular weight excluding hydrogens is 379 g/mol. The minimum absolute atomic E-state index is 0.00401. The van der Waals surface area contributed by atoms with Gasteiger partial charge in [-0.3, -0.25) is 4.79 Å². The van der Waals surface area contributed by atoms with E-state index in [-0.39, 0.29) is 23.5 Å². The summed E-state index contributed by atoms with van der Waals surface area (Å²) in [5.41, 5.74) is 1.91. The van der Waals surface area contributed by atoms with Crippen molar-refractivity contribution in [2.24, 2.45) is 13.0 Å². The quantitative estimate of drug-likeness (QED) is 0.708. The fourth-order valence-electron chi connectivity index (χ4n) is 3.15. The van der Waals surface area contributed by atoms with E-state index < -0.39 is 5.82 Å². The summed E-state index contributed by atoms with van der Waals surface area (Å²) < 4.78 is 26.6. The van der Waals surface area contributed by atoms with Crippen molar-refractivity contribution in [3.8, 4) is 22.9 Å². The van der Waals surface area contributed by atoms with Crippen LogP contribution in [0.25, 0.3) is 22.2 Å². The Labute approximate surface area is 166 Å². The lowest BCUT2D eigenvalue weighted by Crippen LogP contribution is -2.14. The van der Waals surface area contributed by atoms with Crippen LogP contribution >= 0.6 is 0 Å². The average Bonchev–Trinajstić information content (AvgIpc) is 3.54. The van der Waals surface area contributed by atoms with Gasteiger partial charge in [-0.25, -0.2) is 14.4 Å². The SMILES string of the molecule is C=O.COc1ncc(F)c(OC)c1-c1cc2cc(NC(=O)C3CC3)ncc2n1C. The van der Waals surface area contributed by atoms with Crippen molar-refractivity contribution in [1.29, 1.82) is 0 Å². The van der Waals surface area contributed by atoms with E-state index in [1.54, 1.807) is 12.3 Å². The van der Waals surface area contributed by atoms with Crippen molar-refractivity contribution in [2.45, 2.75) is 12.8 Å². The normalized spacial score (nSPS) is 12.8. The number of ether oxygens (including phenoxy) is 2. The minimum atomic E-state index is -0.575. The highest BCUT2D eigenvalue weighted by Crippen LogP contribution is 2.40. The molecule has 1 fully saturated rings. The third-order valence-electron chi connectivity index (χ3n) is 4.73. The number of carbonyl (C=O) groups excluding carboxylic acids is 2. The van der Waals surface area contributed by atoms with E-state index in [1.807, 2.05) is 24.5 Å². The molecule has 0 saturated heterocycles. The van der Waals surface area contributed by atoms with Crippen molar-refractivity contribution in [1.82, 2.24) is 14.5 Å². The molecule has 29 heavy (non-hydrogen) atoms. The van der Waals surface area contributed by atoms with Gasteiger partial charge in [-0.15, -0.1) is 0 Å². The number of nitrogens with one attached hydrogen (secondary N) is 1. The molecule has 0 aromatic carbocycles. The smallest absolute Gasteiger partial charge is 0.228 e. The van der Waals surface area contributed by atoms with Crippen molar-refractivity contribution in [2.75, 3.05) is 19.5 Å². The molecule has 0 radical (unpaired) electrons. The zero-order valence-electron chi connectivity index (χ0n) is 16.4. The molecule has 1 aliphatic rings. The van der Waals surface area contributed by atoms with Crippen LogP contribution in [0.15, 0.2) is 24.5 Å². The molecule has 9 heteroatoms. The van der Waals surface area contributed by atoms with Gasteiger partial charge >= 0.3 is 0 Å². The lowest BCUT2D eigenvalue weighted by atomic mass is 10.1. The first-order chi connectivity index (χ1) is 14.0. The molecule has 0 spiro atoms. The molecular formula is C20H21FN4O4. The van der Waals surface area contributed by atoms with Gasteiger partial charge in [-0.05, 0) is 25.0 Å². The molecule has 3 heterocycles. The number of carbonyl (C=O) groups is 2. The first-order valence-electron chi connectivity index (χ1n) is 8.85. The molecule has 8 nitrogen and oxygen atoms in total. The van der Waals surface area contributed by atoms with Gasteiger partial charge in [-0.1, -0.05) is 0 Å². The van der Waals surface area contributed by atoms with E-state index in [2.05, 4.69) is 15.3 Å². The standard InChI is InChI=1S/C19H19FN4O3.CH2O/c1-24-13(16-17(26-2)12(20)8-22-19(16)27-3)6-11-7-15(21-9-14(11)24)23-18(25)10-4-5-10;1-2/h6-10H,4-5H2,1-3H3,(H,21,23,25);1H2. The van der Waals surface area contributed by atoms with Gasteiger partial charge in [0.2, 0.25) is 11.8 Å². The number of amides is 1. The molecule has 1 saturated carbocycles. The Balaban J connectivity index is 0.00000117. The minimum Gasteiger partial charge on any atom is -0.493 e. The van der Waals surface area contributed by atoms with E-state index in [0.717, 1.165) is 29.9 Å². The highest BCUT2D eigenvalue weighted by atomic mass is 19.1. The summed E-state index contributed by atoms with van der Waals surface area (Å²) >= 11 is 0. The number of fused-ring (bicyclic) bond motifs is 1. The molecule has 152 valence electrons. The molecule has 0 aliphatic heterocycles. The maximum Gasteiger partial charge on any atom is 0.228 e. The first kappa shape index (κ1) is 20.2. The molecule has 1 N–H and O–H groups in total. The Morgan fingerprint density at radius 1 is 1.21 bits per heavy atom. The number of hydrogen-bond donors (Lipinski definition) is 1. The second-order valence-corrected chi connectivity index (χ2v) is 6.50. The largest absolute Gasteiger partial charge is 0.493 e. The predicted molar refractivity (Wildman–Crippen MR) is 105 cm³/mol. The van der Waals surface area contributed by atoms with Gasteiger partial charge in [-0.2, -0.15) is 0 Å². The number of pyridine rings is 2. The number of nitrogens with zero attached hydrogens (tertiary/aromatic N) is 3. The first-order valence-corrected chi connectivity index (χ1v) is 8.85. The van der Waals surface area contributed by atoms with Gasteiger partial charge in [0.1, 0.15) is 18.2 Å². The molecule has 3 aromatic rings. The van der Waals surface area contributed by atoms with E-state index >= 15 is 0 Å². The Hall–Kier alpha value is -3.49.